The molecule has 0 radical (unpaired) electrons. The average molecular weight is 439 g/mol. The Labute approximate surface area is 179 Å². The van der Waals surface area contributed by atoms with Crippen LogP contribution >= 0.6 is 0 Å². The summed E-state index contributed by atoms with van der Waals surface area (Å²) >= 11 is 0. The molecule has 0 bridgehead atoms. The van der Waals surface area contributed by atoms with Crippen LogP contribution in [0, 0.1) is 5.92 Å². The van der Waals surface area contributed by atoms with E-state index in [4.69, 9.17) is 14.2 Å². The number of carbonyl (C=O) groups excluding carboxylic acids is 2. The topological polar surface area (TPSA) is 103 Å². The van der Waals surface area contributed by atoms with E-state index in [0.29, 0.717) is 28.5 Å². The van der Waals surface area contributed by atoms with E-state index in [1.54, 1.807) is 39.0 Å². The van der Waals surface area contributed by atoms with E-state index in [0.717, 1.165) is 0 Å². The fourth-order valence-electron chi connectivity index (χ4n) is 2.89. The number of hydrogen-bond acceptors (Lipinski definition) is 7. The molecule has 1 aliphatic rings. The number of hydrogen-bond donors (Lipinski definition) is 2. The molecule has 9 heteroatoms. The standard InChI is InChI=1S/C21H30N2O6S/c1-12(2)15(23-20(25)29-21(3,4)5)11-22-17-14-10-13(27-6)8-9-16(14)30(26)18(17)19(24)28-7/h8-10,12,15,22H,11H2,1-7H3,(H,23,25)/t15-,30?/m0/s1. The monoisotopic (exact) mass is 438 g/mol. The molecule has 0 saturated carbocycles. The highest BCUT2D eigenvalue weighted by Crippen LogP contribution is 2.37. The summed E-state index contributed by atoms with van der Waals surface area (Å²) in [6, 6.07) is 4.78. The first kappa shape index (κ1) is 23.7. The summed E-state index contributed by atoms with van der Waals surface area (Å²) in [4.78, 5) is 25.1. The lowest BCUT2D eigenvalue weighted by atomic mass is 10.0. The van der Waals surface area contributed by atoms with Crippen LogP contribution in [0.15, 0.2) is 28.0 Å². The Balaban J connectivity index is 2.30. The molecule has 1 heterocycles. The minimum Gasteiger partial charge on any atom is -0.497 e. The van der Waals surface area contributed by atoms with Crippen molar-refractivity contribution in [2.24, 2.45) is 5.92 Å². The van der Waals surface area contributed by atoms with E-state index in [1.165, 1.54) is 14.2 Å². The molecule has 166 valence electrons. The number of esters is 1. The number of nitrogens with one attached hydrogen (secondary N) is 2. The van der Waals surface area contributed by atoms with Gasteiger partial charge in [0, 0.05) is 12.1 Å². The first-order chi connectivity index (χ1) is 14.0. The molecule has 0 saturated heterocycles. The van der Waals surface area contributed by atoms with Crippen molar-refractivity contribution in [3.63, 3.8) is 0 Å². The van der Waals surface area contributed by atoms with Crippen LogP contribution in [0.5, 0.6) is 5.75 Å². The van der Waals surface area contributed by atoms with E-state index in [9.17, 15) is 13.8 Å². The molecule has 2 atom stereocenters. The molecule has 1 aliphatic heterocycles. The van der Waals surface area contributed by atoms with E-state index >= 15 is 0 Å². The molecule has 1 aromatic carbocycles. The van der Waals surface area contributed by atoms with Crippen LogP contribution in [-0.4, -0.2) is 48.7 Å². The van der Waals surface area contributed by atoms with E-state index in [2.05, 4.69) is 10.6 Å². The Hall–Kier alpha value is -2.55. The van der Waals surface area contributed by atoms with Gasteiger partial charge in [-0.15, -0.1) is 0 Å². The van der Waals surface area contributed by atoms with Crippen LogP contribution < -0.4 is 15.4 Å². The predicted octanol–water partition coefficient (Wildman–Crippen LogP) is 2.80. The molecule has 8 nitrogen and oxygen atoms in total. The van der Waals surface area contributed by atoms with E-state index in [1.807, 2.05) is 13.8 Å². The van der Waals surface area contributed by atoms with Crippen LogP contribution in [0.2, 0.25) is 0 Å². The molecule has 0 spiro atoms. The van der Waals surface area contributed by atoms with Gasteiger partial charge in [0.2, 0.25) is 0 Å². The highest BCUT2D eigenvalue weighted by atomic mass is 32.2. The van der Waals surface area contributed by atoms with Gasteiger partial charge in [-0.3, -0.25) is 0 Å². The van der Waals surface area contributed by atoms with Gasteiger partial charge in [-0.1, -0.05) is 13.8 Å². The van der Waals surface area contributed by atoms with Gasteiger partial charge in [-0.05, 0) is 44.9 Å². The molecule has 0 aliphatic carbocycles. The van der Waals surface area contributed by atoms with Crippen LogP contribution in [0.25, 0.3) is 5.70 Å². The Morgan fingerprint density at radius 3 is 2.37 bits per heavy atom. The van der Waals surface area contributed by atoms with Gasteiger partial charge in [-0.2, -0.15) is 0 Å². The lowest BCUT2D eigenvalue weighted by molar-refractivity contribution is -0.135. The zero-order valence-electron chi connectivity index (χ0n) is 18.5. The lowest BCUT2D eigenvalue weighted by Gasteiger charge is -2.26. The second kappa shape index (κ2) is 9.51. The molecular weight excluding hydrogens is 408 g/mol. The number of methoxy groups -OCH3 is 2. The first-order valence-electron chi connectivity index (χ1n) is 9.64. The SMILES string of the molecule is COC(=O)C1=C(NC[C@H](NC(=O)OC(C)(C)C)C(C)C)c2cc(OC)ccc2S1=O. The number of benzene rings is 1. The molecule has 1 unspecified atom stereocenters. The molecular formula is C21H30N2O6S. The highest BCUT2D eigenvalue weighted by molar-refractivity contribution is 7.90. The predicted molar refractivity (Wildman–Crippen MR) is 114 cm³/mol. The van der Waals surface area contributed by atoms with Gasteiger partial charge in [-0.25, -0.2) is 13.8 Å². The minimum absolute atomic E-state index is 0.0422. The second-order valence-corrected chi connectivity index (χ2v) is 9.59. The van der Waals surface area contributed by atoms with Crippen molar-refractivity contribution in [2.45, 2.75) is 51.2 Å². The normalized spacial score (nSPS) is 16.7. The molecule has 1 aromatic rings. The first-order valence-corrected chi connectivity index (χ1v) is 10.8. The van der Waals surface area contributed by atoms with Gasteiger partial charge in [0.05, 0.1) is 41.7 Å². The summed E-state index contributed by atoms with van der Waals surface area (Å²) in [6.07, 6.45) is -0.526. The van der Waals surface area contributed by atoms with Crippen molar-refractivity contribution in [2.75, 3.05) is 20.8 Å². The zero-order valence-corrected chi connectivity index (χ0v) is 19.3. The number of rotatable bonds is 7. The van der Waals surface area contributed by atoms with Crippen molar-refractivity contribution in [3.8, 4) is 5.75 Å². The summed E-state index contributed by atoms with van der Waals surface area (Å²) in [5.74, 6) is -0.0282. The van der Waals surface area contributed by atoms with Crippen molar-refractivity contribution < 1.29 is 28.0 Å². The third kappa shape index (κ3) is 5.53. The highest BCUT2D eigenvalue weighted by Gasteiger charge is 2.35. The molecule has 1 amide bonds. The van der Waals surface area contributed by atoms with E-state index < -0.39 is 28.5 Å². The quantitative estimate of drug-likeness (QED) is 0.631. The van der Waals surface area contributed by atoms with Gasteiger partial charge in [0.1, 0.15) is 11.4 Å². The van der Waals surface area contributed by atoms with Crippen LogP contribution in [0.3, 0.4) is 0 Å². The molecule has 30 heavy (non-hydrogen) atoms. The number of carbonyl (C=O) groups is 2. The number of fused-ring (bicyclic) bond motifs is 1. The van der Waals surface area contributed by atoms with Crippen molar-refractivity contribution in [3.05, 3.63) is 28.7 Å². The summed E-state index contributed by atoms with van der Waals surface area (Å²) in [5, 5.41) is 6.04. The summed E-state index contributed by atoms with van der Waals surface area (Å²) < 4.78 is 28.4. The fraction of sp³-hybridized carbons (Fsp3) is 0.524. The van der Waals surface area contributed by atoms with Gasteiger partial charge < -0.3 is 24.8 Å². The minimum atomic E-state index is -1.68. The van der Waals surface area contributed by atoms with Crippen molar-refractivity contribution in [1.82, 2.24) is 10.6 Å². The Morgan fingerprint density at radius 1 is 1.17 bits per heavy atom. The van der Waals surface area contributed by atoms with Gasteiger partial charge in [0.25, 0.3) is 0 Å². The van der Waals surface area contributed by atoms with Crippen LogP contribution in [0.4, 0.5) is 4.79 Å². The maximum absolute atomic E-state index is 12.9. The van der Waals surface area contributed by atoms with Crippen LogP contribution in [0.1, 0.15) is 40.2 Å². The number of alkyl carbamates (subject to hydrolysis) is 1. The summed E-state index contributed by atoms with van der Waals surface area (Å²) in [6.45, 7) is 9.59. The summed E-state index contributed by atoms with van der Waals surface area (Å²) in [7, 11) is 1.10. The lowest BCUT2D eigenvalue weighted by Crippen LogP contribution is -2.46. The third-order valence-electron chi connectivity index (χ3n) is 4.44. The second-order valence-electron chi connectivity index (χ2n) is 8.20. The molecule has 2 rings (SSSR count). The van der Waals surface area contributed by atoms with Crippen LogP contribution in [-0.2, 0) is 25.1 Å². The number of ether oxygens (including phenoxy) is 3. The maximum atomic E-state index is 12.9. The molecule has 0 aromatic heterocycles. The fourth-order valence-corrected chi connectivity index (χ4v) is 4.26. The largest absolute Gasteiger partial charge is 0.497 e. The zero-order chi connectivity index (χ0) is 22.6. The van der Waals surface area contributed by atoms with Gasteiger partial charge in [0.15, 0.2) is 4.91 Å². The Kier molecular flexibility index (Phi) is 7.52. The smallest absolute Gasteiger partial charge is 0.407 e. The maximum Gasteiger partial charge on any atom is 0.407 e. The molecule has 0 fully saturated rings. The summed E-state index contributed by atoms with van der Waals surface area (Å²) in [5.41, 5.74) is 0.399. The third-order valence-corrected chi connectivity index (χ3v) is 5.94. The van der Waals surface area contributed by atoms with Gasteiger partial charge >= 0.3 is 12.1 Å². The Morgan fingerprint density at radius 2 is 1.83 bits per heavy atom. The van der Waals surface area contributed by atoms with E-state index in [-0.39, 0.29) is 16.9 Å². The Bertz CT molecular complexity index is 873. The van der Waals surface area contributed by atoms with Crippen molar-refractivity contribution >= 4 is 28.6 Å². The average Bonchev–Trinajstić information content (AvgIpc) is 2.94. The number of amides is 1. The van der Waals surface area contributed by atoms with Crippen molar-refractivity contribution in [1.29, 1.82) is 0 Å². The molecule has 2 N–H and O–H groups in total.